The molecule has 0 saturated heterocycles. The number of para-hydroxylation sites is 1. The van der Waals surface area contributed by atoms with E-state index in [0.717, 1.165) is 16.8 Å². The number of imide groups is 1. The lowest BCUT2D eigenvalue weighted by Gasteiger charge is -2.16. The van der Waals surface area contributed by atoms with E-state index in [1.807, 2.05) is 24.4 Å². The summed E-state index contributed by atoms with van der Waals surface area (Å²) in [7, 11) is 0. The van der Waals surface area contributed by atoms with Gasteiger partial charge in [-0.3, -0.25) is 15.1 Å². The van der Waals surface area contributed by atoms with Crippen LogP contribution in [-0.2, 0) is 9.53 Å². The van der Waals surface area contributed by atoms with Gasteiger partial charge < -0.3 is 4.74 Å². The molecule has 2 amide bonds. The Kier molecular flexibility index (Phi) is 5.92. The molecule has 0 unspecified atom stereocenters. The number of amides is 2. The van der Waals surface area contributed by atoms with E-state index in [2.05, 4.69) is 4.74 Å². The molecule has 1 aromatic rings. The quantitative estimate of drug-likeness (QED) is 0.375. The van der Waals surface area contributed by atoms with Crippen molar-refractivity contribution in [3.05, 3.63) is 41.6 Å². The van der Waals surface area contributed by atoms with Gasteiger partial charge in [0.2, 0.25) is 0 Å². The average molecular weight is 288 g/mol. The fourth-order valence-corrected chi connectivity index (χ4v) is 1.53. The normalized spacial score (nSPS) is 10.5. The number of carbonyl (C=O) groups excluding carboxylic acids is 2. The first kappa shape index (κ1) is 16.2. The highest BCUT2D eigenvalue weighted by Gasteiger charge is 2.15. The van der Waals surface area contributed by atoms with Crippen molar-refractivity contribution in [2.45, 2.75) is 13.8 Å². The molecule has 1 rings (SSSR count). The summed E-state index contributed by atoms with van der Waals surface area (Å²) in [4.78, 5) is 22.9. The molecule has 0 aliphatic heterocycles. The van der Waals surface area contributed by atoms with Crippen molar-refractivity contribution in [1.29, 1.82) is 5.26 Å². The number of benzene rings is 1. The first-order valence-corrected chi connectivity index (χ1v) is 6.19. The molecule has 7 heteroatoms. The Hall–Kier alpha value is -2.85. The Morgan fingerprint density at radius 2 is 2.14 bits per heavy atom. The highest BCUT2D eigenvalue weighted by Crippen LogP contribution is 2.17. The first-order valence-electron chi connectivity index (χ1n) is 6.19. The SMILES string of the molecule is CCOC(=O)NC(=O)/C(C#N)=C\N(N)c1ccccc1C. The third-order valence-electron chi connectivity index (χ3n) is 2.52. The molecule has 0 aliphatic rings. The van der Waals surface area contributed by atoms with Crippen LogP contribution in [-0.4, -0.2) is 18.6 Å². The van der Waals surface area contributed by atoms with Gasteiger partial charge in [0.15, 0.2) is 0 Å². The molecule has 0 aliphatic carbocycles. The van der Waals surface area contributed by atoms with Crippen molar-refractivity contribution in [3.8, 4) is 6.07 Å². The van der Waals surface area contributed by atoms with Gasteiger partial charge in [0.1, 0.15) is 11.6 Å². The second-order valence-electron chi connectivity index (χ2n) is 4.02. The zero-order valence-electron chi connectivity index (χ0n) is 11.8. The Balaban J connectivity index is 2.89. The van der Waals surface area contributed by atoms with Gasteiger partial charge in [0.25, 0.3) is 5.91 Å². The van der Waals surface area contributed by atoms with Gasteiger partial charge in [0, 0.05) is 6.20 Å². The van der Waals surface area contributed by atoms with E-state index >= 15 is 0 Å². The van der Waals surface area contributed by atoms with Crippen LogP contribution >= 0.6 is 0 Å². The van der Waals surface area contributed by atoms with Crippen LogP contribution in [0.4, 0.5) is 10.5 Å². The summed E-state index contributed by atoms with van der Waals surface area (Å²) in [6.45, 7) is 3.57. The molecule has 0 saturated carbocycles. The molecule has 7 nitrogen and oxygen atoms in total. The molecule has 110 valence electrons. The van der Waals surface area contributed by atoms with E-state index in [9.17, 15) is 9.59 Å². The van der Waals surface area contributed by atoms with E-state index < -0.39 is 12.0 Å². The molecule has 1 aromatic carbocycles. The van der Waals surface area contributed by atoms with Crippen LogP contribution < -0.4 is 16.2 Å². The molecule has 0 bridgehead atoms. The van der Waals surface area contributed by atoms with Gasteiger partial charge in [-0.05, 0) is 25.5 Å². The molecule has 0 aromatic heterocycles. The van der Waals surface area contributed by atoms with Crippen LogP contribution in [0.5, 0.6) is 0 Å². The van der Waals surface area contributed by atoms with E-state index in [4.69, 9.17) is 11.1 Å². The predicted molar refractivity (Wildman–Crippen MR) is 76.7 cm³/mol. The van der Waals surface area contributed by atoms with Crippen molar-refractivity contribution in [2.75, 3.05) is 11.6 Å². The van der Waals surface area contributed by atoms with Crippen molar-refractivity contribution in [3.63, 3.8) is 0 Å². The van der Waals surface area contributed by atoms with Gasteiger partial charge in [-0.15, -0.1) is 0 Å². The van der Waals surface area contributed by atoms with Crippen LogP contribution in [0.3, 0.4) is 0 Å². The van der Waals surface area contributed by atoms with Crippen LogP contribution in [0.1, 0.15) is 12.5 Å². The summed E-state index contributed by atoms with van der Waals surface area (Å²) in [5, 5.41) is 12.1. The lowest BCUT2D eigenvalue weighted by atomic mass is 10.2. The van der Waals surface area contributed by atoms with Crippen molar-refractivity contribution in [2.24, 2.45) is 5.84 Å². The number of nitrogens with two attached hydrogens (primary N) is 1. The van der Waals surface area contributed by atoms with E-state index in [-0.39, 0.29) is 12.2 Å². The number of rotatable bonds is 4. The smallest absolute Gasteiger partial charge is 0.414 e. The molecule has 0 radical (unpaired) electrons. The highest BCUT2D eigenvalue weighted by molar-refractivity contribution is 6.05. The van der Waals surface area contributed by atoms with Gasteiger partial charge >= 0.3 is 6.09 Å². The molecule has 3 N–H and O–H groups in total. The summed E-state index contributed by atoms with van der Waals surface area (Å²) in [5.74, 6) is 4.93. The second-order valence-corrected chi connectivity index (χ2v) is 4.02. The molecule has 0 atom stereocenters. The zero-order chi connectivity index (χ0) is 15.8. The summed E-state index contributed by atoms with van der Waals surface area (Å²) >= 11 is 0. The van der Waals surface area contributed by atoms with E-state index in [0.29, 0.717) is 5.69 Å². The summed E-state index contributed by atoms with van der Waals surface area (Å²) < 4.78 is 4.56. The van der Waals surface area contributed by atoms with Gasteiger partial charge in [-0.2, -0.15) is 5.26 Å². The molecular formula is C14H16N4O3. The van der Waals surface area contributed by atoms with Crippen molar-refractivity contribution < 1.29 is 14.3 Å². The predicted octanol–water partition coefficient (Wildman–Crippen LogP) is 1.36. The molecular weight excluding hydrogens is 272 g/mol. The Bertz CT molecular complexity index is 604. The van der Waals surface area contributed by atoms with Gasteiger partial charge in [-0.1, -0.05) is 18.2 Å². The number of nitriles is 1. The number of hydrazine groups is 1. The maximum absolute atomic E-state index is 11.7. The van der Waals surface area contributed by atoms with Crippen molar-refractivity contribution in [1.82, 2.24) is 5.32 Å². The van der Waals surface area contributed by atoms with Crippen LogP contribution in [0.2, 0.25) is 0 Å². The fourth-order valence-electron chi connectivity index (χ4n) is 1.53. The summed E-state index contributed by atoms with van der Waals surface area (Å²) in [6, 6.07) is 8.89. The topological polar surface area (TPSA) is 108 Å². The molecule has 0 fully saturated rings. The lowest BCUT2D eigenvalue weighted by Crippen LogP contribution is -2.34. The number of nitrogens with one attached hydrogen (secondary N) is 1. The molecule has 0 spiro atoms. The maximum Gasteiger partial charge on any atom is 0.414 e. The third-order valence-corrected chi connectivity index (χ3v) is 2.52. The minimum atomic E-state index is -0.914. The highest BCUT2D eigenvalue weighted by atomic mass is 16.5. The largest absolute Gasteiger partial charge is 0.450 e. The standard InChI is InChI=1S/C14H16N4O3/c1-3-21-14(20)17-13(19)11(8-15)9-18(16)12-7-5-4-6-10(12)2/h4-7,9H,3,16H2,1-2H3,(H,17,19,20)/b11-9-. The number of alkyl carbamates (subject to hydrolysis) is 1. The van der Waals surface area contributed by atoms with Crippen LogP contribution in [0, 0.1) is 18.3 Å². The van der Waals surface area contributed by atoms with Crippen LogP contribution in [0.15, 0.2) is 36.0 Å². The summed E-state index contributed by atoms with van der Waals surface area (Å²) in [5.41, 5.74) is 1.20. The molecule has 0 heterocycles. The number of aryl methyl sites for hydroxylation is 1. The monoisotopic (exact) mass is 288 g/mol. The van der Waals surface area contributed by atoms with Crippen LogP contribution in [0.25, 0.3) is 0 Å². The maximum atomic E-state index is 11.7. The first-order chi connectivity index (χ1) is 9.99. The minimum absolute atomic E-state index is 0.122. The number of anilines is 1. The number of hydrogen-bond acceptors (Lipinski definition) is 6. The van der Waals surface area contributed by atoms with Gasteiger partial charge in [0.05, 0.1) is 12.3 Å². The number of carbonyl (C=O) groups is 2. The summed E-state index contributed by atoms with van der Waals surface area (Å²) in [6.07, 6.45) is 0.236. The average Bonchev–Trinajstić information content (AvgIpc) is 2.45. The fraction of sp³-hybridized carbons (Fsp3) is 0.214. The third kappa shape index (κ3) is 4.63. The van der Waals surface area contributed by atoms with Crippen molar-refractivity contribution >= 4 is 17.7 Å². The Morgan fingerprint density at radius 1 is 1.48 bits per heavy atom. The zero-order valence-corrected chi connectivity index (χ0v) is 11.8. The minimum Gasteiger partial charge on any atom is -0.450 e. The van der Waals surface area contributed by atoms with E-state index in [1.165, 1.54) is 0 Å². The number of hydrogen-bond donors (Lipinski definition) is 2. The van der Waals surface area contributed by atoms with E-state index in [1.54, 1.807) is 25.1 Å². The Labute approximate surface area is 122 Å². The lowest BCUT2D eigenvalue weighted by molar-refractivity contribution is -0.116. The number of ether oxygens (including phenoxy) is 1. The molecule has 21 heavy (non-hydrogen) atoms. The Morgan fingerprint density at radius 3 is 2.71 bits per heavy atom. The van der Waals surface area contributed by atoms with Gasteiger partial charge in [-0.25, -0.2) is 10.6 Å². The second kappa shape index (κ2) is 7.67. The number of nitrogens with zero attached hydrogens (tertiary/aromatic N) is 2.